The molecule has 0 aromatic carbocycles. The summed E-state index contributed by atoms with van der Waals surface area (Å²) >= 11 is 5.24. The molecular weight excluding hydrogens is 465 g/mol. The van der Waals surface area contributed by atoms with Crippen LogP contribution in [0.2, 0.25) is 0 Å². The number of hydrogen-bond donors (Lipinski definition) is 2. The molecule has 2 rings (SSSR count). The fourth-order valence-corrected chi connectivity index (χ4v) is 3.25. The number of nitrogens with one attached hydrogen (secondary N) is 2. The van der Waals surface area contributed by atoms with Crippen LogP contribution in [-0.2, 0) is 12.8 Å². The van der Waals surface area contributed by atoms with Crippen molar-refractivity contribution in [1.29, 1.82) is 0 Å². The molecule has 0 spiro atoms. The summed E-state index contributed by atoms with van der Waals surface area (Å²) < 4.78 is 6.46. The highest BCUT2D eigenvalue weighted by Gasteiger charge is 2.01. The molecule has 0 atom stereocenters. The molecule has 0 radical (unpaired) electrons. The van der Waals surface area contributed by atoms with Gasteiger partial charge in [-0.15, -0.1) is 35.3 Å². The average Bonchev–Trinajstić information content (AvgIpc) is 3.09. The van der Waals surface area contributed by atoms with Crippen molar-refractivity contribution in [3.63, 3.8) is 0 Å². The number of rotatable bonds is 6. The molecule has 4 nitrogen and oxygen atoms in total. The SMILES string of the molecule is CN=C(NCCc1ccco1)NCCc1ccc(Br)s1.I. The highest BCUT2D eigenvalue weighted by molar-refractivity contribution is 14.0. The topological polar surface area (TPSA) is 49.6 Å². The summed E-state index contributed by atoms with van der Waals surface area (Å²) in [6.07, 6.45) is 3.54. The minimum Gasteiger partial charge on any atom is -0.469 e. The molecule has 2 heterocycles. The van der Waals surface area contributed by atoms with Crippen LogP contribution in [0.4, 0.5) is 0 Å². The fraction of sp³-hybridized carbons (Fsp3) is 0.357. The van der Waals surface area contributed by atoms with Gasteiger partial charge in [0, 0.05) is 31.4 Å². The zero-order valence-corrected chi connectivity index (χ0v) is 16.5. The second-order valence-corrected chi connectivity index (χ2v) is 6.76. The van der Waals surface area contributed by atoms with Gasteiger partial charge in [-0.3, -0.25) is 4.99 Å². The molecule has 0 aliphatic heterocycles. The standard InChI is InChI=1S/C14H18BrN3OS.HI/c1-16-14(17-8-6-11-3-2-10-19-11)18-9-7-12-4-5-13(15)20-12;/h2-5,10H,6-9H2,1H3,(H2,16,17,18);1H. The number of furan rings is 1. The maximum atomic E-state index is 5.29. The zero-order valence-electron chi connectivity index (χ0n) is 11.8. The number of nitrogens with zero attached hydrogens (tertiary/aromatic N) is 1. The van der Waals surface area contributed by atoms with Gasteiger partial charge >= 0.3 is 0 Å². The Morgan fingerprint density at radius 1 is 1.24 bits per heavy atom. The van der Waals surface area contributed by atoms with Crippen molar-refractivity contribution < 1.29 is 4.42 Å². The molecule has 0 unspecified atom stereocenters. The van der Waals surface area contributed by atoms with E-state index in [0.29, 0.717) is 0 Å². The van der Waals surface area contributed by atoms with Crippen LogP contribution in [0, 0.1) is 0 Å². The lowest BCUT2D eigenvalue weighted by molar-refractivity contribution is 0.507. The quantitative estimate of drug-likeness (QED) is 0.374. The van der Waals surface area contributed by atoms with Crippen molar-refractivity contribution in [2.75, 3.05) is 20.1 Å². The summed E-state index contributed by atoms with van der Waals surface area (Å²) in [6, 6.07) is 8.11. The second-order valence-electron chi connectivity index (χ2n) is 4.21. The van der Waals surface area contributed by atoms with E-state index in [4.69, 9.17) is 4.42 Å². The number of guanidine groups is 1. The molecule has 0 bridgehead atoms. The van der Waals surface area contributed by atoms with Crippen molar-refractivity contribution in [3.05, 3.63) is 45.0 Å². The van der Waals surface area contributed by atoms with E-state index in [0.717, 1.165) is 37.7 Å². The van der Waals surface area contributed by atoms with Crippen LogP contribution in [-0.4, -0.2) is 26.1 Å². The van der Waals surface area contributed by atoms with Crippen molar-refractivity contribution >= 4 is 57.2 Å². The average molecular weight is 484 g/mol. The molecular formula is C14H19BrIN3OS. The van der Waals surface area contributed by atoms with Crippen LogP contribution in [0.5, 0.6) is 0 Å². The largest absolute Gasteiger partial charge is 0.469 e. The van der Waals surface area contributed by atoms with Crippen LogP contribution in [0.25, 0.3) is 0 Å². The van der Waals surface area contributed by atoms with Crippen LogP contribution >= 0.6 is 51.2 Å². The van der Waals surface area contributed by atoms with Gasteiger partial charge in [0.05, 0.1) is 10.0 Å². The Kier molecular flexibility index (Phi) is 9.02. The van der Waals surface area contributed by atoms with Crippen molar-refractivity contribution in [1.82, 2.24) is 10.6 Å². The molecule has 0 saturated carbocycles. The van der Waals surface area contributed by atoms with Crippen molar-refractivity contribution in [2.24, 2.45) is 4.99 Å². The maximum absolute atomic E-state index is 5.29. The molecule has 0 aliphatic rings. The summed E-state index contributed by atoms with van der Waals surface area (Å²) in [5.41, 5.74) is 0. The summed E-state index contributed by atoms with van der Waals surface area (Å²) in [5.74, 6) is 1.81. The number of thiophene rings is 1. The molecule has 2 aromatic heterocycles. The maximum Gasteiger partial charge on any atom is 0.191 e. The normalized spacial score (nSPS) is 11.0. The van der Waals surface area contributed by atoms with Gasteiger partial charge in [0.2, 0.25) is 0 Å². The van der Waals surface area contributed by atoms with Gasteiger partial charge in [-0.25, -0.2) is 0 Å². The molecule has 2 aromatic rings. The highest BCUT2D eigenvalue weighted by Crippen LogP contribution is 2.21. The molecule has 0 amide bonds. The second kappa shape index (κ2) is 10.2. The van der Waals surface area contributed by atoms with E-state index in [9.17, 15) is 0 Å². The van der Waals surface area contributed by atoms with E-state index in [-0.39, 0.29) is 24.0 Å². The first-order chi connectivity index (χ1) is 9.78. The molecule has 21 heavy (non-hydrogen) atoms. The van der Waals surface area contributed by atoms with E-state index in [2.05, 4.69) is 43.7 Å². The van der Waals surface area contributed by atoms with E-state index >= 15 is 0 Å². The summed E-state index contributed by atoms with van der Waals surface area (Å²) in [7, 11) is 1.78. The Morgan fingerprint density at radius 2 is 2.00 bits per heavy atom. The molecule has 116 valence electrons. The first kappa shape index (κ1) is 18.5. The lowest BCUT2D eigenvalue weighted by atomic mass is 10.3. The van der Waals surface area contributed by atoms with Crippen molar-refractivity contribution in [2.45, 2.75) is 12.8 Å². The van der Waals surface area contributed by atoms with Gasteiger partial charge in [0.25, 0.3) is 0 Å². The Balaban J connectivity index is 0.00000220. The molecule has 0 fully saturated rings. The predicted molar refractivity (Wildman–Crippen MR) is 103 cm³/mol. The lowest BCUT2D eigenvalue weighted by Crippen LogP contribution is -2.39. The predicted octanol–water partition coefficient (Wildman–Crippen LogP) is 3.67. The van der Waals surface area contributed by atoms with Gasteiger partial charge in [-0.2, -0.15) is 0 Å². The smallest absolute Gasteiger partial charge is 0.191 e. The Bertz CT molecular complexity index is 542. The number of aliphatic imine (C=N–C) groups is 1. The van der Waals surface area contributed by atoms with Gasteiger partial charge in [-0.05, 0) is 46.6 Å². The van der Waals surface area contributed by atoms with Crippen molar-refractivity contribution in [3.8, 4) is 0 Å². The van der Waals surface area contributed by atoms with E-state index in [1.54, 1.807) is 24.6 Å². The molecule has 7 heteroatoms. The van der Waals surface area contributed by atoms with Crippen LogP contribution in [0.3, 0.4) is 0 Å². The first-order valence-electron chi connectivity index (χ1n) is 6.49. The third kappa shape index (κ3) is 6.84. The number of halogens is 2. The minimum atomic E-state index is 0. The van der Waals surface area contributed by atoms with Gasteiger partial charge < -0.3 is 15.1 Å². The summed E-state index contributed by atoms with van der Waals surface area (Å²) in [5, 5.41) is 6.58. The summed E-state index contributed by atoms with van der Waals surface area (Å²) in [4.78, 5) is 5.56. The third-order valence-electron chi connectivity index (χ3n) is 2.76. The van der Waals surface area contributed by atoms with E-state index in [1.807, 2.05) is 12.1 Å². The zero-order chi connectivity index (χ0) is 14.2. The minimum absolute atomic E-state index is 0. The molecule has 2 N–H and O–H groups in total. The Labute approximate surface area is 154 Å². The Hall–Kier alpha value is -0.540. The Morgan fingerprint density at radius 3 is 2.57 bits per heavy atom. The van der Waals surface area contributed by atoms with Crippen LogP contribution in [0.1, 0.15) is 10.6 Å². The highest BCUT2D eigenvalue weighted by atomic mass is 127. The van der Waals surface area contributed by atoms with Gasteiger partial charge in [0.1, 0.15) is 5.76 Å². The monoisotopic (exact) mass is 483 g/mol. The summed E-state index contributed by atoms with van der Waals surface area (Å²) in [6.45, 7) is 1.67. The van der Waals surface area contributed by atoms with E-state index < -0.39 is 0 Å². The van der Waals surface area contributed by atoms with E-state index in [1.165, 1.54) is 8.66 Å². The number of hydrogen-bond acceptors (Lipinski definition) is 3. The fourth-order valence-electron chi connectivity index (χ4n) is 1.77. The third-order valence-corrected chi connectivity index (χ3v) is 4.44. The van der Waals surface area contributed by atoms with Gasteiger partial charge in [-0.1, -0.05) is 0 Å². The van der Waals surface area contributed by atoms with Gasteiger partial charge in [0.15, 0.2) is 5.96 Å². The molecule has 0 saturated heterocycles. The molecule has 0 aliphatic carbocycles. The van der Waals surface area contributed by atoms with Crippen LogP contribution in [0.15, 0.2) is 43.7 Å². The lowest BCUT2D eigenvalue weighted by Gasteiger charge is -2.10. The first-order valence-corrected chi connectivity index (χ1v) is 8.10. The van der Waals surface area contributed by atoms with Crippen LogP contribution < -0.4 is 10.6 Å².